The predicted octanol–water partition coefficient (Wildman–Crippen LogP) is 2.91. The molecule has 2 N–H and O–H groups in total. The smallest absolute Gasteiger partial charge is 0.404 e. The zero-order valence-corrected chi connectivity index (χ0v) is 11.3. The van der Waals surface area contributed by atoms with E-state index in [1.54, 1.807) is 13.0 Å². The van der Waals surface area contributed by atoms with Crippen molar-refractivity contribution in [2.24, 2.45) is 0 Å². The zero-order valence-electron chi connectivity index (χ0n) is 11.3. The van der Waals surface area contributed by atoms with E-state index in [4.69, 9.17) is 0 Å². The normalized spacial score (nSPS) is 12.7. The third kappa shape index (κ3) is 5.38. The number of anilines is 1. The number of rotatable bonds is 6. The number of benzene rings is 1. The molecule has 1 aromatic rings. The highest BCUT2D eigenvalue weighted by Crippen LogP contribution is 2.30. The largest absolute Gasteiger partial charge is 0.573 e. The molecular formula is C13H17F3N2O2. The Balaban J connectivity index is 2.74. The first kappa shape index (κ1) is 16.1. The van der Waals surface area contributed by atoms with Gasteiger partial charge in [-0.1, -0.05) is 19.1 Å². The van der Waals surface area contributed by atoms with Gasteiger partial charge in [-0.3, -0.25) is 4.79 Å². The second-order valence-corrected chi connectivity index (χ2v) is 4.20. The van der Waals surface area contributed by atoms with Crippen LogP contribution >= 0.6 is 0 Å². The van der Waals surface area contributed by atoms with Crippen LogP contribution in [0.4, 0.5) is 18.9 Å². The highest BCUT2D eigenvalue weighted by atomic mass is 19.4. The number of hydrogen-bond donors (Lipinski definition) is 2. The van der Waals surface area contributed by atoms with Crippen LogP contribution in [0.3, 0.4) is 0 Å². The summed E-state index contributed by atoms with van der Waals surface area (Å²) < 4.78 is 40.7. The fourth-order valence-electron chi connectivity index (χ4n) is 1.50. The molecule has 0 saturated heterocycles. The number of halogens is 3. The van der Waals surface area contributed by atoms with Crippen LogP contribution < -0.4 is 15.4 Å². The van der Waals surface area contributed by atoms with Crippen LogP contribution in [0, 0.1) is 0 Å². The highest BCUT2D eigenvalue weighted by molar-refractivity contribution is 5.84. The predicted molar refractivity (Wildman–Crippen MR) is 69.5 cm³/mol. The molecule has 112 valence electrons. The first-order valence-electron chi connectivity index (χ1n) is 6.22. The number of ether oxygens (including phenoxy) is 1. The maximum Gasteiger partial charge on any atom is 0.573 e. The Morgan fingerprint density at radius 2 is 2.00 bits per heavy atom. The Hall–Kier alpha value is -1.92. The minimum absolute atomic E-state index is 0.115. The molecule has 0 aliphatic carbocycles. The summed E-state index contributed by atoms with van der Waals surface area (Å²) in [7, 11) is 0. The van der Waals surface area contributed by atoms with Crippen molar-refractivity contribution < 1.29 is 22.7 Å². The molecule has 0 spiro atoms. The summed E-state index contributed by atoms with van der Waals surface area (Å²) in [5, 5.41) is 5.36. The molecule has 0 aromatic heterocycles. The molecule has 7 heteroatoms. The zero-order chi connectivity index (χ0) is 15.2. The second kappa shape index (κ2) is 7.02. The van der Waals surface area contributed by atoms with Gasteiger partial charge in [-0.15, -0.1) is 13.2 Å². The third-order valence-corrected chi connectivity index (χ3v) is 2.43. The standard InChI is InChI=1S/C13H17F3N2O2/c1-3-8-17-12(19)9(2)18-10-6-4-5-7-11(10)20-13(14,15)16/h4-7,9,18H,3,8H2,1-2H3,(H,17,19). The van der Waals surface area contributed by atoms with E-state index in [9.17, 15) is 18.0 Å². The fraction of sp³-hybridized carbons (Fsp3) is 0.462. The molecule has 0 heterocycles. The molecule has 0 bridgehead atoms. The topological polar surface area (TPSA) is 50.4 Å². The lowest BCUT2D eigenvalue weighted by Crippen LogP contribution is -2.38. The van der Waals surface area contributed by atoms with Crippen molar-refractivity contribution in [2.75, 3.05) is 11.9 Å². The van der Waals surface area contributed by atoms with Crippen LogP contribution in [0.2, 0.25) is 0 Å². The van der Waals surface area contributed by atoms with Crippen LogP contribution in [-0.2, 0) is 4.79 Å². The Bertz CT molecular complexity index is 449. The average molecular weight is 290 g/mol. The van der Waals surface area contributed by atoms with E-state index in [0.717, 1.165) is 6.42 Å². The van der Waals surface area contributed by atoms with Crippen molar-refractivity contribution in [3.05, 3.63) is 24.3 Å². The molecule has 0 radical (unpaired) electrons. The first-order valence-corrected chi connectivity index (χ1v) is 6.22. The van der Waals surface area contributed by atoms with E-state index in [1.807, 2.05) is 6.92 Å². The number of para-hydroxylation sites is 2. The van der Waals surface area contributed by atoms with E-state index < -0.39 is 12.4 Å². The van der Waals surface area contributed by atoms with Crippen LogP contribution in [0.5, 0.6) is 5.75 Å². The average Bonchev–Trinajstić information content (AvgIpc) is 2.36. The van der Waals surface area contributed by atoms with Crippen molar-refractivity contribution in [1.29, 1.82) is 0 Å². The quantitative estimate of drug-likeness (QED) is 0.847. The van der Waals surface area contributed by atoms with Gasteiger partial charge in [-0.25, -0.2) is 0 Å². The van der Waals surface area contributed by atoms with Gasteiger partial charge >= 0.3 is 6.36 Å². The molecule has 1 aromatic carbocycles. The van der Waals surface area contributed by atoms with Crippen molar-refractivity contribution in [3.8, 4) is 5.75 Å². The van der Waals surface area contributed by atoms with E-state index in [0.29, 0.717) is 6.54 Å². The monoisotopic (exact) mass is 290 g/mol. The first-order chi connectivity index (χ1) is 9.33. The van der Waals surface area contributed by atoms with Crippen molar-refractivity contribution >= 4 is 11.6 Å². The van der Waals surface area contributed by atoms with Crippen LogP contribution in [0.1, 0.15) is 20.3 Å². The van der Waals surface area contributed by atoms with Crippen LogP contribution in [0.15, 0.2) is 24.3 Å². The summed E-state index contributed by atoms with van der Waals surface area (Å²) >= 11 is 0. The minimum Gasteiger partial charge on any atom is -0.404 e. The second-order valence-electron chi connectivity index (χ2n) is 4.20. The molecule has 1 atom stereocenters. The van der Waals surface area contributed by atoms with Gasteiger partial charge in [0.1, 0.15) is 6.04 Å². The molecule has 0 saturated carbocycles. The molecular weight excluding hydrogens is 273 g/mol. The number of amides is 1. The number of alkyl halides is 3. The molecule has 0 aliphatic heterocycles. The van der Waals surface area contributed by atoms with Gasteiger partial charge in [0, 0.05) is 6.54 Å². The molecule has 1 rings (SSSR count). The summed E-state index contributed by atoms with van der Waals surface area (Å²) in [6.07, 6.45) is -3.99. The Labute approximate surface area is 115 Å². The van der Waals surface area contributed by atoms with E-state index in [2.05, 4.69) is 15.4 Å². The van der Waals surface area contributed by atoms with Crippen molar-refractivity contribution in [3.63, 3.8) is 0 Å². The lowest BCUT2D eigenvalue weighted by molar-refractivity contribution is -0.274. The SMILES string of the molecule is CCCNC(=O)C(C)Nc1ccccc1OC(F)(F)F. The van der Waals surface area contributed by atoms with Gasteiger partial charge in [0.25, 0.3) is 0 Å². The number of hydrogen-bond acceptors (Lipinski definition) is 3. The van der Waals surface area contributed by atoms with Gasteiger partial charge < -0.3 is 15.4 Å². The fourth-order valence-corrected chi connectivity index (χ4v) is 1.50. The molecule has 0 fully saturated rings. The van der Waals surface area contributed by atoms with E-state index in [-0.39, 0.29) is 17.3 Å². The number of nitrogens with one attached hydrogen (secondary N) is 2. The molecule has 20 heavy (non-hydrogen) atoms. The Kier molecular flexibility index (Phi) is 5.66. The van der Waals surface area contributed by atoms with E-state index in [1.165, 1.54) is 18.2 Å². The summed E-state index contributed by atoms with van der Waals surface area (Å²) in [5.41, 5.74) is 0.115. The Morgan fingerprint density at radius 3 is 2.60 bits per heavy atom. The summed E-state index contributed by atoms with van der Waals surface area (Å²) in [4.78, 5) is 11.7. The van der Waals surface area contributed by atoms with Gasteiger partial charge in [0.05, 0.1) is 5.69 Å². The lowest BCUT2D eigenvalue weighted by Gasteiger charge is -2.18. The summed E-state index contributed by atoms with van der Waals surface area (Å²) in [6, 6.07) is 4.92. The van der Waals surface area contributed by atoms with Gasteiger partial charge in [-0.05, 0) is 25.5 Å². The van der Waals surface area contributed by atoms with Crippen LogP contribution in [-0.4, -0.2) is 24.9 Å². The maximum atomic E-state index is 12.3. The van der Waals surface area contributed by atoms with Gasteiger partial charge in [-0.2, -0.15) is 0 Å². The summed E-state index contributed by atoms with van der Waals surface area (Å²) in [5.74, 6) is -0.649. The number of carbonyl (C=O) groups is 1. The van der Waals surface area contributed by atoms with E-state index >= 15 is 0 Å². The molecule has 1 amide bonds. The molecule has 4 nitrogen and oxygen atoms in total. The molecule has 1 unspecified atom stereocenters. The van der Waals surface area contributed by atoms with Gasteiger partial charge in [0.15, 0.2) is 5.75 Å². The minimum atomic E-state index is -4.77. The summed E-state index contributed by atoms with van der Waals surface area (Å²) in [6.45, 7) is 3.99. The molecule has 0 aliphatic rings. The Morgan fingerprint density at radius 1 is 1.35 bits per heavy atom. The maximum absolute atomic E-state index is 12.3. The van der Waals surface area contributed by atoms with Crippen molar-refractivity contribution in [1.82, 2.24) is 5.32 Å². The lowest BCUT2D eigenvalue weighted by atomic mass is 10.2. The van der Waals surface area contributed by atoms with Gasteiger partial charge in [0.2, 0.25) is 5.91 Å². The van der Waals surface area contributed by atoms with Crippen LogP contribution in [0.25, 0.3) is 0 Å². The van der Waals surface area contributed by atoms with Crippen molar-refractivity contribution in [2.45, 2.75) is 32.7 Å². The number of carbonyl (C=O) groups excluding carboxylic acids is 1. The third-order valence-electron chi connectivity index (χ3n) is 2.43. The highest BCUT2D eigenvalue weighted by Gasteiger charge is 2.32.